The van der Waals surface area contributed by atoms with E-state index in [1.807, 2.05) is 0 Å². The molecule has 2 saturated heterocycles. The number of carbonyl (C=O) groups excluding carboxylic acids is 1. The highest BCUT2D eigenvalue weighted by molar-refractivity contribution is 5.75. The van der Waals surface area contributed by atoms with Crippen LogP contribution in [-0.4, -0.2) is 65.4 Å². The predicted molar refractivity (Wildman–Crippen MR) is 121 cm³/mol. The average molecular weight is 493 g/mol. The van der Waals surface area contributed by atoms with Gasteiger partial charge in [-0.3, -0.25) is 0 Å². The molecule has 2 unspecified atom stereocenters. The SMILES string of the molecule is CC1(Cc2noc(C3CC(c4ccc(C(F)(F)F)cc4)CN(C(=O)N4CCOCC4)C3)n2)CCC1. The Morgan fingerprint density at radius 1 is 1.09 bits per heavy atom. The van der Waals surface area contributed by atoms with Gasteiger partial charge in [0.1, 0.15) is 0 Å². The van der Waals surface area contributed by atoms with E-state index in [0.717, 1.165) is 37.0 Å². The third-order valence-corrected chi connectivity index (χ3v) is 7.69. The molecule has 1 saturated carbocycles. The minimum absolute atomic E-state index is 0.0865. The summed E-state index contributed by atoms with van der Waals surface area (Å²) in [6.07, 6.45) is 0.524. The summed E-state index contributed by atoms with van der Waals surface area (Å²) in [5, 5.41) is 4.21. The monoisotopic (exact) mass is 492 g/mol. The molecule has 1 aromatic heterocycles. The van der Waals surface area contributed by atoms with Crippen LogP contribution in [0.2, 0.25) is 0 Å². The van der Waals surface area contributed by atoms with Gasteiger partial charge in [0.2, 0.25) is 5.89 Å². The first-order chi connectivity index (χ1) is 16.7. The van der Waals surface area contributed by atoms with Gasteiger partial charge in [0, 0.05) is 38.5 Å². The molecule has 10 heteroatoms. The second-order valence-corrected chi connectivity index (χ2v) is 10.4. The van der Waals surface area contributed by atoms with E-state index in [0.29, 0.717) is 57.5 Å². The molecule has 2 aromatic rings. The number of carbonyl (C=O) groups is 1. The van der Waals surface area contributed by atoms with Gasteiger partial charge in [0.15, 0.2) is 5.82 Å². The number of ether oxygens (including phenoxy) is 1. The molecule has 0 radical (unpaired) electrons. The fourth-order valence-electron chi connectivity index (χ4n) is 5.42. The number of likely N-dealkylation sites (tertiary alicyclic amines) is 1. The van der Waals surface area contributed by atoms with Crippen molar-refractivity contribution in [2.75, 3.05) is 39.4 Å². The standard InChI is InChI=1S/C25H31F3N4O3/c1-24(7-2-8-24)14-21-29-22(35-30-21)19-13-18(17-3-5-20(6-4-17)25(26,27)28)15-32(16-19)23(33)31-9-11-34-12-10-31/h3-6,18-19H,2,7-16H2,1H3. The van der Waals surface area contributed by atoms with Gasteiger partial charge in [-0.1, -0.05) is 30.6 Å². The topological polar surface area (TPSA) is 71.7 Å². The van der Waals surface area contributed by atoms with Crippen LogP contribution in [0.1, 0.15) is 67.3 Å². The van der Waals surface area contributed by atoms with E-state index in [9.17, 15) is 18.0 Å². The molecular weight excluding hydrogens is 461 g/mol. The first-order valence-corrected chi connectivity index (χ1v) is 12.3. The molecule has 2 atom stereocenters. The van der Waals surface area contributed by atoms with Gasteiger partial charge in [-0.15, -0.1) is 0 Å². The Bertz CT molecular complexity index is 1030. The maximum Gasteiger partial charge on any atom is 0.416 e. The van der Waals surface area contributed by atoms with Crippen LogP contribution < -0.4 is 0 Å². The lowest BCUT2D eigenvalue weighted by molar-refractivity contribution is -0.137. The number of urea groups is 1. The molecule has 3 heterocycles. The van der Waals surface area contributed by atoms with Crippen LogP contribution in [0, 0.1) is 5.41 Å². The average Bonchev–Trinajstić information content (AvgIpc) is 3.31. The highest BCUT2D eigenvalue weighted by Crippen LogP contribution is 2.43. The molecule has 190 valence electrons. The minimum Gasteiger partial charge on any atom is -0.378 e. The molecule has 0 bridgehead atoms. The Hall–Kier alpha value is -2.62. The Labute approximate surface area is 202 Å². The molecule has 1 aromatic carbocycles. The number of aromatic nitrogens is 2. The van der Waals surface area contributed by atoms with Crippen molar-refractivity contribution in [3.8, 4) is 0 Å². The van der Waals surface area contributed by atoms with Crippen LogP contribution in [0.5, 0.6) is 0 Å². The number of piperidine rings is 1. The molecule has 0 N–H and O–H groups in total. The number of hydrogen-bond donors (Lipinski definition) is 0. The number of benzene rings is 1. The van der Waals surface area contributed by atoms with E-state index in [2.05, 4.69) is 17.1 Å². The summed E-state index contributed by atoms with van der Waals surface area (Å²) in [5.41, 5.74) is 0.305. The lowest BCUT2D eigenvalue weighted by atomic mass is 9.68. The zero-order chi connectivity index (χ0) is 24.6. The fraction of sp³-hybridized carbons (Fsp3) is 0.640. The van der Waals surface area contributed by atoms with E-state index in [-0.39, 0.29) is 23.3 Å². The molecule has 1 aliphatic carbocycles. The van der Waals surface area contributed by atoms with E-state index < -0.39 is 11.7 Å². The first-order valence-electron chi connectivity index (χ1n) is 12.3. The van der Waals surface area contributed by atoms with Crippen molar-refractivity contribution in [1.29, 1.82) is 0 Å². The van der Waals surface area contributed by atoms with Crippen LogP contribution in [-0.2, 0) is 17.3 Å². The summed E-state index contributed by atoms with van der Waals surface area (Å²) in [4.78, 5) is 21.5. The highest BCUT2D eigenvalue weighted by atomic mass is 19.4. The first kappa shape index (κ1) is 24.1. The summed E-state index contributed by atoms with van der Waals surface area (Å²) in [6, 6.07) is 5.17. The van der Waals surface area contributed by atoms with Crippen molar-refractivity contribution in [2.45, 2.75) is 57.0 Å². The number of alkyl halides is 3. The van der Waals surface area contributed by atoms with Gasteiger partial charge in [-0.25, -0.2) is 4.79 Å². The van der Waals surface area contributed by atoms with Crippen molar-refractivity contribution >= 4 is 6.03 Å². The van der Waals surface area contributed by atoms with Crippen molar-refractivity contribution in [3.05, 3.63) is 47.1 Å². The van der Waals surface area contributed by atoms with E-state index in [1.54, 1.807) is 9.80 Å². The summed E-state index contributed by atoms with van der Waals surface area (Å²) in [5.74, 6) is 0.862. The van der Waals surface area contributed by atoms with Gasteiger partial charge in [0.05, 0.1) is 24.7 Å². The molecule has 0 spiro atoms. The minimum atomic E-state index is -4.39. The van der Waals surface area contributed by atoms with E-state index >= 15 is 0 Å². The summed E-state index contributed by atoms with van der Waals surface area (Å²) in [6.45, 7) is 5.14. The molecule has 3 fully saturated rings. The maximum atomic E-state index is 13.3. The lowest BCUT2D eigenvalue weighted by Gasteiger charge is -2.40. The van der Waals surface area contributed by atoms with Crippen LogP contribution in [0.3, 0.4) is 0 Å². The second kappa shape index (κ2) is 9.44. The normalized spacial score (nSPS) is 24.8. The van der Waals surface area contributed by atoms with Gasteiger partial charge in [0.25, 0.3) is 0 Å². The molecule has 7 nitrogen and oxygen atoms in total. The molecular formula is C25H31F3N4O3. The van der Waals surface area contributed by atoms with Gasteiger partial charge in [-0.2, -0.15) is 18.2 Å². The van der Waals surface area contributed by atoms with Gasteiger partial charge in [-0.05, 0) is 42.4 Å². The quantitative estimate of drug-likeness (QED) is 0.611. The molecule has 2 amide bonds. The largest absolute Gasteiger partial charge is 0.416 e. The smallest absolute Gasteiger partial charge is 0.378 e. The van der Waals surface area contributed by atoms with Gasteiger partial charge >= 0.3 is 12.2 Å². The second-order valence-electron chi connectivity index (χ2n) is 10.4. The maximum absolute atomic E-state index is 13.3. The van der Waals surface area contributed by atoms with Crippen LogP contribution in [0.4, 0.5) is 18.0 Å². The van der Waals surface area contributed by atoms with Crippen LogP contribution in [0.25, 0.3) is 0 Å². The van der Waals surface area contributed by atoms with Crippen molar-refractivity contribution < 1.29 is 27.2 Å². The zero-order valence-corrected chi connectivity index (χ0v) is 19.9. The van der Waals surface area contributed by atoms with E-state index in [4.69, 9.17) is 9.26 Å². The Morgan fingerprint density at radius 3 is 2.40 bits per heavy atom. The molecule has 35 heavy (non-hydrogen) atoms. The number of nitrogens with zero attached hydrogens (tertiary/aromatic N) is 4. The Balaban J connectivity index is 1.37. The summed E-state index contributed by atoms with van der Waals surface area (Å²) >= 11 is 0. The lowest BCUT2D eigenvalue weighted by Crippen LogP contribution is -2.52. The Morgan fingerprint density at radius 2 is 1.77 bits per heavy atom. The van der Waals surface area contributed by atoms with Gasteiger partial charge < -0.3 is 19.1 Å². The van der Waals surface area contributed by atoms with Crippen molar-refractivity contribution in [1.82, 2.24) is 19.9 Å². The molecule has 3 aliphatic rings. The zero-order valence-electron chi connectivity index (χ0n) is 19.9. The number of morpholine rings is 1. The predicted octanol–water partition coefficient (Wildman–Crippen LogP) is 4.85. The fourth-order valence-corrected chi connectivity index (χ4v) is 5.42. The van der Waals surface area contributed by atoms with Crippen LogP contribution in [0.15, 0.2) is 28.8 Å². The number of halogens is 3. The highest BCUT2D eigenvalue weighted by Gasteiger charge is 2.38. The molecule has 5 rings (SSSR count). The number of hydrogen-bond acceptors (Lipinski definition) is 5. The number of rotatable bonds is 4. The summed E-state index contributed by atoms with van der Waals surface area (Å²) < 4.78 is 50.3. The summed E-state index contributed by atoms with van der Waals surface area (Å²) in [7, 11) is 0. The van der Waals surface area contributed by atoms with Crippen molar-refractivity contribution in [2.24, 2.45) is 5.41 Å². The number of amides is 2. The Kier molecular flexibility index (Phi) is 6.50. The van der Waals surface area contributed by atoms with Crippen molar-refractivity contribution in [3.63, 3.8) is 0 Å². The third kappa shape index (κ3) is 5.32. The van der Waals surface area contributed by atoms with E-state index in [1.165, 1.54) is 18.6 Å². The third-order valence-electron chi connectivity index (χ3n) is 7.69. The van der Waals surface area contributed by atoms with Crippen LogP contribution >= 0.6 is 0 Å². The molecule has 2 aliphatic heterocycles.